The van der Waals surface area contributed by atoms with Crippen molar-refractivity contribution in [2.45, 2.75) is 33.3 Å². The van der Waals surface area contributed by atoms with Crippen molar-refractivity contribution in [3.8, 4) is 0 Å². The van der Waals surface area contributed by atoms with Gasteiger partial charge >= 0.3 is 5.97 Å². The number of aryl methyl sites for hydroxylation is 2. The van der Waals surface area contributed by atoms with Gasteiger partial charge in [-0.05, 0) is 31.9 Å². The smallest absolute Gasteiger partial charge is 0.379 e. The first kappa shape index (κ1) is 16.8. The number of ketones is 1. The molecule has 0 bridgehead atoms. The van der Waals surface area contributed by atoms with Crippen molar-refractivity contribution in [3.05, 3.63) is 59.2 Å². The van der Waals surface area contributed by atoms with Crippen LogP contribution in [0.3, 0.4) is 0 Å². The highest BCUT2D eigenvalue weighted by molar-refractivity contribution is 6.01. The van der Waals surface area contributed by atoms with Crippen molar-refractivity contribution in [2.75, 3.05) is 0 Å². The zero-order valence-corrected chi connectivity index (χ0v) is 14.3. The Hall–Kier alpha value is -3.09. The molecule has 0 aliphatic rings. The third kappa shape index (κ3) is 3.40. The van der Waals surface area contributed by atoms with Gasteiger partial charge in [0.15, 0.2) is 6.10 Å². The molecule has 0 fully saturated rings. The van der Waals surface area contributed by atoms with Gasteiger partial charge in [0, 0.05) is 17.5 Å². The molecule has 7 nitrogen and oxygen atoms in total. The summed E-state index contributed by atoms with van der Waals surface area (Å²) in [5.41, 5.74) is 2.42. The first-order valence-electron chi connectivity index (χ1n) is 8.02. The van der Waals surface area contributed by atoms with Crippen molar-refractivity contribution in [3.63, 3.8) is 0 Å². The molecule has 0 aliphatic heterocycles. The van der Waals surface area contributed by atoms with Crippen LogP contribution in [0.5, 0.6) is 0 Å². The first-order chi connectivity index (χ1) is 12.0. The van der Waals surface area contributed by atoms with Crippen LogP contribution in [-0.4, -0.2) is 37.4 Å². The molecule has 0 N–H and O–H groups in total. The summed E-state index contributed by atoms with van der Waals surface area (Å²) in [5, 5.41) is 4.08. The number of rotatable bonds is 5. The number of hydrogen-bond donors (Lipinski definition) is 0. The Morgan fingerprint density at radius 1 is 1.20 bits per heavy atom. The number of ether oxygens (including phenoxy) is 1. The van der Waals surface area contributed by atoms with Crippen LogP contribution < -0.4 is 0 Å². The van der Waals surface area contributed by atoms with E-state index in [9.17, 15) is 9.59 Å². The third-order valence-electron chi connectivity index (χ3n) is 3.91. The number of benzene rings is 1. The van der Waals surface area contributed by atoms with E-state index in [1.165, 1.54) is 11.4 Å². The van der Waals surface area contributed by atoms with E-state index in [1.54, 1.807) is 24.4 Å². The van der Waals surface area contributed by atoms with Crippen molar-refractivity contribution in [1.29, 1.82) is 0 Å². The lowest BCUT2D eigenvalue weighted by atomic mass is 10.0. The molecular weight excluding hydrogens is 320 g/mol. The lowest BCUT2D eigenvalue weighted by molar-refractivity contribution is 0.0307. The quantitative estimate of drug-likeness (QED) is 0.524. The SMILES string of the molecule is CCc1ccc(C(=O)[C@@H](C)OC(=O)c2nc3nccc(C)n3n2)cc1. The second kappa shape index (κ2) is 6.80. The summed E-state index contributed by atoms with van der Waals surface area (Å²) < 4.78 is 6.67. The topological polar surface area (TPSA) is 86.5 Å². The summed E-state index contributed by atoms with van der Waals surface area (Å²) in [7, 11) is 0. The van der Waals surface area contributed by atoms with Gasteiger partial charge in [0.2, 0.25) is 5.78 Å². The fourth-order valence-corrected chi connectivity index (χ4v) is 2.40. The molecule has 25 heavy (non-hydrogen) atoms. The summed E-state index contributed by atoms with van der Waals surface area (Å²) >= 11 is 0. The van der Waals surface area contributed by atoms with Crippen LogP contribution in [-0.2, 0) is 11.2 Å². The average molecular weight is 338 g/mol. The predicted octanol–water partition coefficient (Wildman–Crippen LogP) is 2.42. The van der Waals surface area contributed by atoms with Crippen LogP contribution in [0, 0.1) is 6.92 Å². The Bertz CT molecular complexity index is 931. The molecule has 3 aromatic rings. The molecule has 1 aromatic carbocycles. The molecule has 3 rings (SSSR count). The minimum Gasteiger partial charge on any atom is -0.448 e. The average Bonchev–Trinajstić information content (AvgIpc) is 3.07. The Morgan fingerprint density at radius 3 is 2.56 bits per heavy atom. The van der Waals surface area contributed by atoms with E-state index in [2.05, 4.69) is 15.1 Å². The number of carbonyl (C=O) groups excluding carboxylic acids is 2. The fraction of sp³-hybridized carbons (Fsp3) is 0.278. The van der Waals surface area contributed by atoms with Gasteiger partial charge in [-0.2, -0.15) is 4.98 Å². The Morgan fingerprint density at radius 2 is 1.92 bits per heavy atom. The number of nitrogens with zero attached hydrogens (tertiary/aromatic N) is 4. The fourth-order valence-electron chi connectivity index (χ4n) is 2.40. The number of hydrogen-bond acceptors (Lipinski definition) is 6. The molecule has 1 atom stereocenters. The molecule has 0 spiro atoms. The molecule has 0 aliphatic carbocycles. The number of Topliss-reactive ketones (excluding diaryl/α,β-unsaturated/α-hetero) is 1. The highest BCUT2D eigenvalue weighted by atomic mass is 16.5. The summed E-state index contributed by atoms with van der Waals surface area (Å²) in [5.74, 6) is -0.839. The predicted molar refractivity (Wildman–Crippen MR) is 90.5 cm³/mol. The molecule has 0 saturated carbocycles. The van der Waals surface area contributed by atoms with Crippen LogP contribution >= 0.6 is 0 Å². The Kier molecular flexibility index (Phi) is 4.56. The van der Waals surface area contributed by atoms with Crippen molar-refractivity contribution in [2.24, 2.45) is 0 Å². The van der Waals surface area contributed by atoms with Crippen LogP contribution in [0.15, 0.2) is 36.5 Å². The van der Waals surface area contributed by atoms with Gasteiger partial charge in [0.1, 0.15) is 0 Å². The van der Waals surface area contributed by atoms with Crippen molar-refractivity contribution in [1.82, 2.24) is 19.6 Å². The Balaban J connectivity index is 1.74. The highest BCUT2D eigenvalue weighted by Gasteiger charge is 2.23. The Labute approximate surface area is 144 Å². The summed E-state index contributed by atoms with van der Waals surface area (Å²) in [6.45, 7) is 5.40. The molecule has 0 unspecified atom stereocenters. The third-order valence-corrected chi connectivity index (χ3v) is 3.91. The molecule has 0 amide bonds. The van der Waals surface area contributed by atoms with Gasteiger partial charge in [0.25, 0.3) is 11.6 Å². The number of carbonyl (C=O) groups is 2. The van der Waals surface area contributed by atoms with Gasteiger partial charge in [-0.3, -0.25) is 4.79 Å². The molecular formula is C18H18N4O3. The normalized spacial score (nSPS) is 12.1. The second-order valence-electron chi connectivity index (χ2n) is 5.70. The van der Waals surface area contributed by atoms with Crippen LogP contribution in [0.25, 0.3) is 5.78 Å². The number of fused-ring (bicyclic) bond motifs is 1. The van der Waals surface area contributed by atoms with Crippen molar-refractivity contribution >= 4 is 17.5 Å². The van der Waals surface area contributed by atoms with E-state index in [1.807, 2.05) is 26.0 Å². The molecule has 7 heteroatoms. The highest BCUT2D eigenvalue weighted by Crippen LogP contribution is 2.11. The van der Waals surface area contributed by atoms with Gasteiger partial charge in [-0.15, -0.1) is 5.10 Å². The molecule has 0 saturated heterocycles. The summed E-state index contributed by atoms with van der Waals surface area (Å²) in [6.07, 6.45) is 1.55. The van der Waals surface area contributed by atoms with Crippen LogP contribution in [0.2, 0.25) is 0 Å². The van der Waals surface area contributed by atoms with Crippen LogP contribution in [0.4, 0.5) is 0 Å². The van der Waals surface area contributed by atoms with Crippen molar-refractivity contribution < 1.29 is 14.3 Å². The van der Waals surface area contributed by atoms with E-state index in [0.717, 1.165) is 17.7 Å². The largest absolute Gasteiger partial charge is 0.448 e. The van der Waals surface area contributed by atoms with Gasteiger partial charge < -0.3 is 4.74 Å². The lowest BCUT2D eigenvalue weighted by Gasteiger charge is -2.11. The van der Waals surface area contributed by atoms with Crippen LogP contribution in [0.1, 0.15) is 46.1 Å². The minimum absolute atomic E-state index is 0.122. The maximum atomic E-state index is 12.4. The molecule has 0 radical (unpaired) electrons. The zero-order chi connectivity index (χ0) is 18.0. The maximum absolute atomic E-state index is 12.4. The van der Waals surface area contributed by atoms with E-state index in [4.69, 9.17) is 4.74 Å². The lowest BCUT2D eigenvalue weighted by Crippen LogP contribution is -2.25. The minimum atomic E-state index is -0.930. The monoisotopic (exact) mass is 338 g/mol. The van der Waals surface area contributed by atoms with E-state index in [0.29, 0.717) is 11.3 Å². The van der Waals surface area contributed by atoms with E-state index in [-0.39, 0.29) is 11.6 Å². The van der Waals surface area contributed by atoms with Gasteiger partial charge in [-0.25, -0.2) is 14.3 Å². The number of aromatic nitrogens is 4. The summed E-state index contributed by atoms with van der Waals surface area (Å²) in [6, 6.07) is 9.01. The molecule has 2 heterocycles. The van der Waals surface area contributed by atoms with E-state index >= 15 is 0 Å². The molecule has 2 aromatic heterocycles. The van der Waals surface area contributed by atoms with E-state index < -0.39 is 12.1 Å². The van der Waals surface area contributed by atoms with Gasteiger partial charge in [0.05, 0.1) is 0 Å². The first-order valence-corrected chi connectivity index (χ1v) is 8.02. The standard InChI is InChI=1S/C18H18N4O3/c1-4-13-5-7-14(8-6-13)15(23)12(3)25-17(24)16-20-18-19-10-9-11(2)22(18)21-16/h5-10,12H,4H2,1-3H3/t12-/m1/s1. The second-order valence-corrected chi connectivity index (χ2v) is 5.70. The zero-order valence-electron chi connectivity index (χ0n) is 14.3. The van der Waals surface area contributed by atoms with Gasteiger partial charge in [-0.1, -0.05) is 31.2 Å². The maximum Gasteiger partial charge on any atom is 0.379 e. The number of esters is 1. The summed E-state index contributed by atoms with van der Waals surface area (Å²) in [4.78, 5) is 32.7. The molecule has 128 valence electrons.